The van der Waals surface area contributed by atoms with Crippen molar-refractivity contribution < 1.29 is 9.84 Å². The van der Waals surface area contributed by atoms with Crippen molar-refractivity contribution in [2.45, 2.75) is 20.1 Å². The van der Waals surface area contributed by atoms with Gasteiger partial charge in [-0.05, 0) is 36.6 Å². The summed E-state index contributed by atoms with van der Waals surface area (Å²) in [6, 6.07) is 17.5. The van der Waals surface area contributed by atoms with Crippen molar-refractivity contribution in [3.63, 3.8) is 0 Å². The predicted octanol–water partition coefficient (Wildman–Crippen LogP) is 3.95. The van der Waals surface area contributed by atoms with E-state index in [0.29, 0.717) is 12.4 Å². The van der Waals surface area contributed by atoms with Gasteiger partial charge in [0.25, 0.3) is 0 Å². The number of hydrogen-bond acceptors (Lipinski definition) is 2. The summed E-state index contributed by atoms with van der Waals surface area (Å²) >= 11 is 0. The number of aromatic nitrogens is 1. The highest BCUT2D eigenvalue weighted by Crippen LogP contribution is 2.26. The molecule has 1 aromatic heterocycles. The van der Waals surface area contributed by atoms with Gasteiger partial charge in [-0.1, -0.05) is 30.3 Å². The number of rotatable bonds is 4. The molecule has 3 heteroatoms. The molecule has 0 radical (unpaired) electrons. The first-order chi connectivity index (χ1) is 9.79. The monoisotopic (exact) mass is 267 g/mol. The molecule has 0 atom stereocenters. The van der Waals surface area contributed by atoms with E-state index in [1.54, 1.807) is 18.2 Å². The number of nitrogens with zero attached hydrogens (tertiary/aromatic N) is 1. The fraction of sp³-hybridized carbons (Fsp3) is 0.176. The number of benzene rings is 2. The van der Waals surface area contributed by atoms with Crippen LogP contribution in [0.1, 0.15) is 12.6 Å². The molecule has 0 aliphatic carbocycles. The molecular formula is C17H17NO2. The average molecular weight is 267 g/mol. The molecule has 0 unspecified atom stereocenters. The van der Waals surface area contributed by atoms with E-state index in [-0.39, 0.29) is 5.75 Å². The van der Waals surface area contributed by atoms with Crippen LogP contribution in [0.3, 0.4) is 0 Å². The lowest BCUT2D eigenvalue weighted by atomic mass is 10.2. The zero-order valence-corrected chi connectivity index (χ0v) is 11.4. The van der Waals surface area contributed by atoms with Gasteiger partial charge >= 0.3 is 0 Å². The molecule has 0 spiro atoms. The number of ether oxygens (including phenoxy) is 1. The molecule has 3 rings (SSSR count). The third kappa shape index (κ3) is 2.23. The Morgan fingerprint density at radius 3 is 2.60 bits per heavy atom. The predicted molar refractivity (Wildman–Crippen MR) is 80.1 cm³/mol. The molecule has 3 aromatic rings. The van der Waals surface area contributed by atoms with Crippen LogP contribution in [0.25, 0.3) is 10.9 Å². The van der Waals surface area contributed by atoms with E-state index >= 15 is 0 Å². The first kappa shape index (κ1) is 12.6. The van der Waals surface area contributed by atoms with Crippen LogP contribution in [-0.2, 0) is 13.2 Å². The maximum atomic E-state index is 9.72. The van der Waals surface area contributed by atoms with Crippen LogP contribution in [0.4, 0.5) is 0 Å². The Morgan fingerprint density at radius 2 is 1.80 bits per heavy atom. The third-order valence-electron chi connectivity index (χ3n) is 3.45. The van der Waals surface area contributed by atoms with Crippen molar-refractivity contribution >= 4 is 10.9 Å². The second-order valence-corrected chi connectivity index (χ2v) is 4.70. The minimum absolute atomic E-state index is 0.173. The highest BCUT2D eigenvalue weighted by atomic mass is 16.5. The minimum Gasteiger partial charge on any atom is -0.504 e. The van der Waals surface area contributed by atoms with Crippen molar-refractivity contribution in [2.75, 3.05) is 0 Å². The average Bonchev–Trinajstić information content (AvgIpc) is 2.84. The topological polar surface area (TPSA) is 34.4 Å². The van der Waals surface area contributed by atoms with E-state index in [4.69, 9.17) is 4.74 Å². The van der Waals surface area contributed by atoms with Crippen LogP contribution in [0.15, 0.2) is 54.6 Å². The highest BCUT2D eigenvalue weighted by Gasteiger charge is 2.08. The van der Waals surface area contributed by atoms with Gasteiger partial charge < -0.3 is 14.4 Å². The number of hydrogen-bond donors (Lipinski definition) is 1. The summed E-state index contributed by atoms with van der Waals surface area (Å²) in [5.41, 5.74) is 2.32. The van der Waals surface area contributed by atoms with Gasteiger partial charge in [-0.3, -0.25) is 0 Å². The molecule has 102 valence electrons. The molecule has 2 aromatic carbocycles. The molecule has 0 fully saturated rings. The van der Waals surface area contributed by atoms with Crippen molar-refractivity contribution in [1.29, 1.82) is 0 Å². The number of aryl methyl sites for hydroxylation is 1. The van der Waals surface area contributed by atoms with Crippen LogP contribution < -0.4 is 4.74 Å². The van der Waals surface area contributed by atoms with Crippen molar-refractivity contribution in [3.8, 4) is 11.5 Å². The standard InChI is InChI=1S/C17H17NO2/c1-2-18-14(11-13-7-3-4-8-15(13)18)12-20-17-10-6-5-9-16(17)19/h3-11,19H,2,12H2,1H3. The normalized spacial score (nSPS) is 10.8. The number of para-hydroxylation sites is 3. The Balaban J connectivity index is 1.89. The largest absolute Gasteiger partial charge is 0.504 e. The molecule has 0 aliphatic rings. The zero-order valence-electron chi connectivity index (χ0n) is 11.4. The van der Waals surface area contributed by atoms with Crippen LogP contribution in [0.5, 0.6) is 11.5 Å². The summed E-state index contributed by atoms with van der Waals surface area (Å²) in [4.78, 5) is 0. The molecule has 20 heavy (non-hydrogen) atoms. The lowest BCUT2D eigenvalue weighted by molar-refractivity contribution is 0.280. The molecule has 1 heterocycles. The van der Waals surface area contributed by atoms with E-state index in [9.17, 15) is 5.11 Å². The second kappa shape index (κ2) is 5.29. The van der Waals surface area contributed by atoms with Gasteiger partial charge in [-0.25, -0.2) is 0 Å². The molecule has 3 nitrogen and oxygen atoms in total. The van der Waals surface area contributed by atoms with Crippen molar-refractivity contribution in [1.82, 2.24) is 4.57 Å². The Kier molecular flexibility index (Phi) is 3.33. The molecule has 0 saturated carbocycles. The van der Waals surface area contributed by atoms with Crippen LogP contribution in [0, 0.1) is 0 Å². The number of fused-ring (bicyclic) bond motifs is 1. The molecule has 0 aliphatic heterocycles. The fourth-order valence-electron chi connectivity index (χ4n) is 2.49. The third-order valence-corrected chi connectivity index (χ3v) is 3.45. The van der Waals surface area contributed by atoms with E-state index in [2.05, 4.69) is 29.7 Å². The van der Waals surface area contributed by atoms with Gasteiger partial charge in [-0.2, -0.15) is 0 Å². The van der Waals surface area contributed by atoms with Crippen LogP contribution >= 0.6 is 0 Å². The lowest BCUT2D eigenvalue weighted by Crippen LogP contribution is -2.04. The highest BCUT2D eigenvalue weighted by molar-refractivity contribution is 5.81. The summed E-state index contributed by atoms with van der Waals surface area (Å²) in [5.74, 6) is 0.687. The molecule has 0 amide bonds. The number of aromatic hydroxyl groups is 1. The number of phenols is 1. The number of phenolic OH excluding ortho intramolecular Hbond substituents is 1. The van der Waals surface area contributed by atoms with E-state index in [0.717, 1.165) is 12.2 Å². The van der Waals surface area contributed by atoms with Gasteiger partial charge in [0, 0.05) is 12.1 Å². The minimum atomic E-state index is 0.173. The Labute approximate surface area is 118 Å². The van der Waals surface area contributed by atoms with Gasteiger partial charge in [0.15, 0.2) is 11.5 Å². The van der Waals surface area contributed by atoms with Crippen LogP contribution in [-0.4, -0.2) is 9.67 Å². The van der Waals surface area contributed by atoms with Gasteiger partial charge in [0.1, 0.15) is 6.61 Å². The SMILES string of the molecule is CCn1c(COc2ccccc2O)cc2ccccc21. The van der Waals surface area contributed by atoms with E-state index in [1.807, 2.05) is 18.2 Å². The molecule has 0 saturated heterocycles. The van der Waals surface area contributed by atoms with Gasteiger partial charge in [0.2, 0.25) is 0 Å². The smallest absolute Gasteiger partial charge is 0.161 e. The second-order valence-electron chi connectivity index (χ2n) is 4.70. The van der Waals surface area contributed by atoms with E-state index in [1.165, 1.54) is 10.9 Å². The molecule has 0 bridgehead atoms. The van der Waals surface area contributed by atoms with Crippen molar-refractivity contribution in [2.24, 2.45) is 0 Å². The molecular weight excluding hydrogens is 250 g/mol. The summed E-state index contributed by atoms with van der Waals surface area (Å²) in [5, 5.41) is 10.9. The summed E-state index contributed by atoms with van der Waals surface area (Å²) < 4.78 is 7.96. The van der Waals surface area contributed by atoms with Crippen LogP contribution in [0.2, 0.25) is 0 Å². The Morgan fingerprint density at radius 1 is 1.05 bits per heavy atom. The Bertz CT molecular complexity index is 731. The molecule has 1 N–H and O–H groups in total. The fourth-order valence-corrected chi connectivity index (χ4v) is 2.49. The first-order valence-corrected chi connectivity index (χ1v) is 6.77. The maximum Gasteiger partial charge on any atom is 0.161 e. The Hall–Kier alpha value is -2.42. The van der Waals surface area contributed by atoms with Gasteiger partial charge in [-0.15, -0.1) is 0 Å². The summed E-state index contributed by atoms with van der Waals surface area (Å²) in [7, 11) is 0. The summed E-state index contributed by atoms with van der Waals surface area (Å²) in [6.45, 7) is 3.46. The van der Waals surface area contributed by atoms with Crippen molar-refractivity contribution in [3.05, 3.63) is 60.3 Å². The zero-order chi connectivity index (χ0) is 13.9. The first-order valence-electron chi connectivity index (χ1n) is 6.77. The van der Waals surface area contributed by atoms with E-state index < -0.39 is 0 Å². The maximum absolute atomic E-state index is 9.72. The summed E-state index contributed by atoms with van der Waals surface area (Å²) in [6.07, 6.45) is 0. The lowest BCUT2D eigenvalue weighted by Gasteiger charge is -2.10. The van der Waals surface area contributed by atoms with Gasteiger partial charge in [0.05, 0.1) is 5.69 Å². The quantitative estimate of drug-likeness (QED) is 0.776.